The Morgan fingerprint density at radius 2 is 2.14 bits per heavy atom. The number of hydrogen-bond donors (Lipinski definition) is 2. The summed E-state index contributed by atoms with van der Waals surface area (Å²) >= 11 is 6.08. The molecule has 5 nitrogen and oxygen atoms in total. The van der Waals surface area contributed by atoms with E-state index in [1.165, 1.54) is 17.0 Å². The van der Waals surface area contributed by atoms with Crippen molar-refractivity contribution in [3.63, 3.8) is 0 Å². The number of benzene rings is 1. The molecule has 0 aliphatic carbocycles. The zero-order valence-electron chi connectivity index (χ0n) is 12.6. The van der Waals surface area contributed by atoms with Gasteiger partial charge in [0.1, 0.15) is 5.82 Å². The lowest BCUT2D eigenvalue weighted by Gasteiger charge is -2.28. The third-order valence-corrected chi connectivity index (χ3v) is 3.98. The van der Waals surface area contributed by atoms with Crippen LogP contribution in [0.3, 0.4) is 0 Å². The average Bonchev–Trinajstić information content (AvgIpc) is 2.74. The molecule has 0 spiro atoms. The highest BCUT2D eigenvalue weighted by atomic mass is 35.5. The number of halogens is 2. The minimum atomic E-state index is -0.442. The zero-order chi connectivity index (χ0) is 16.3. The third-order valence-electron chi connectivity index (χ3n) is 3.67. The van der Waals surface area contributed by atoms with Crippen LogP contribution in [-0.2, 0) is 10.3 Å². The maximum Gasteiger partial charge on any atom is 0.324 e. The summed E-state index contributed by atoms with van der Waals surface area (Å²) in [5, 5.41) is 6.16. The van der Waals surface area contributed by atoms with Crippen LogP contribution in [0.1, 0.15) is 25.8 Å². The van der Waals surface area contributed by atoms with Gasteiger partial charge in [0.25, 0.3) is 0 Å². The number of carbonyl (C=O) groups excluding carboxylic acids is 2. The Bertz CT molecular complexity index is 576. The monoisotopic (exact) mass is 327 g/mol. The first kappa shape index (κ1) is 16.7. The Hall–Kier alpha value is -1.66. The molecular formula is C15H19ClFN3O2. The Labute approximate surface area is 133 Å². The van der Waals surface area contributed by atoms with Crippen molar-refractivity contribution in [3.05, 3.63) is 34.6 Å². The van der Waals surface area contributed by atoms with Gasteiger partial charge in [0, 0.05) is 17.1 Å². The molecule has 2 rings (SSSR count). The maximum atomic E-state index is 13.1. The fourth-order valence-corrected chi connectivity index (χ4v) is 2.81. The predicted molar refractivity (Wildman–Crippen MR) is 82.2 cm³/mol. The lowest BCUT2D eigenvalue weighted by molar-refractivity contribution is -0.125. The van der Waals surface area contributed by atoms with E-state index in [1.807, 2.05) is 13.8 Å². The van der Waals surface area contributed by atoms with Crippen LogP contribution in [0.5, 0.6) is 0 Å². The quantitative estimate of drug-likeness (QED) is 0.622. The van der Waals surface area contributed by atoms with Crippen molar-refractivity contribution < 1.29 is 14.0 Å². The molecule has 1 aromatic carbocycles. The highest BCUT2D eigenvalue weighted by Gasteiger charge is 2.28. The Kier molecular flexibility index (Phi) is 5.03. The molecule has 2 N–H and O–H groups in total. The van der Waals surface area contributed by atoms with Crippen molar-refractivity contribution in [1.82, 2.24) is 15.5 Å². The summed E-state index contributed by atoms with van der Waals surface area (Å²) < 4.78 is 13.1. The maximum absolute atomic E-state index is 13.1. The van der Waals surface area contributed by atoms with Crippen LogP contribution in [-0.4, -0.2) is 36.5 Å². The van der Waals surface area contributed by atoms with E-state index in [0.717, 1.165) is 5.56 Å². The van der Waals surface area contributed by atoms with Crippen molar-refractivity contribution >= 4 is 23.5 Å². The number of nitrogens with zero attached hydrogens (tertiary/aromatic N) is 1. The van der Waals surface area contributed by atoms with E-state index >= 15 is 0 Å². The molecule has 0 unspecified atom stereocenters. The van der Waals surface area contributed by atoms with Crippen LogP contribution < -0.4 is 10.6 Å². The van der Waals surface area contributed by atoms with E-state index in [0.29, 0.717) is 24.5 Å². The number of carbonyl (C=O) groups is 2. The number of urea groups is 1. The summed E-state index contributed by atoms with van der Waals surface area (Å²) in [7, 11) is 0. The molecule has 0 atom stereocenters. The summed E-state index contributed by atoms with van der Waals surface area (Å²) in [6.07, 6.45) is 0.626. The van der Waals surface area contributed by atoms with Crippen molar-refractivity contribution in [2.75, 3.05) is 19.6 Å². The molecule has 1 aromatic rings. The molecule has 1 aliphatic heterocycles. The van der Waals surface area contributed by atoms with Gasteiger partial charge in [-0.25, -0.2) is 9.18 Å². The molecular weight excluding hydrogens is 309 g/mol. The average molecular weight is 328 g/mol. The topological polar surface area (TPSA) is 61.4 Å². The fraction of sp³-hybridized carbons (Fsp3) is 0.467. The molecule has 1 heterocycles. The first-order valence-electron chi connectivity index (χ1n) is 7.10. The van der Waals surface area contributed by atoms with E-state index in [9.17, 15) is 14.0 Å². The van der Waals surface area contributed by atoms with Crippen molar-refractivity contribution in [2.45, 2.75) is 25.8 Å². The highest BCUT2D eigenvalue weighted by molar-refractivity contribution is 6.31. The minimum absolute atomic E-state index is 0.0724. The summed E-state index contributed by atoms with van der Waals surface area (Å²) in [5.41, 5.74) is 0.354. The van der Waals surface area contributed by atoms with Gasteiger partial charge in [-0.3, -0.25) is 9.69 Å². The Balaban J connectivity index is 1.87. The second kappa shape index (κ2) is 6.62. The zero-order valence-corrected chi connectivity index (χ0v) is 13.3. The normalized spacial score (nSPS) is 15.4. The van der Waals surface area contributed by atoms with Gasteiger partial charge in [0.05, 0.1) is 6.54 Å². The van der Waals surface area contributed by atoms with Gasteiger partial charge in [0.15, 0.2) is 0 Å². The van der Waals surface area contributed by atoms with Crippen LogP contribution in [0, 0.1) is 5.82 Å². The molecule has 0 bridgehead atoms. The lowest BCUT2D eigenvalue weighted by Crippen LogP contribution is -2.39. The highest BCUT2D eigenvalue weighted by Crippen LogP contribution is 2.28. The Morgan fingerprint density at radius 3 is 2.73 bits per heavy atom. The van der Waals surface area contributed by atoms with E-state index < -0.39 is 5.54 Å². The van der Waals surface area contributed by atoms with E-state index in [1.54, 1.807) is 6.07 Å². The molecule has 120 valence electrons. The van der Waals surface area contributed by atoms with Gasteiger partial charge in [-0.05, 0) is 44.5 Å². The van der Waals surface area contributed by atoms with Gasteiger partial charge < -0.3 is 10.6 Å². The first-order valence-corrected chi connectivity index (χ1v) is 7.48. The standard InChI is InChI=1S/C15H19ClFN3O2/c1-15(2,11-5-4-10(17)8-12(11)16)19-6-3-7-20-13(21)9-18-14(20)22/h4-5,8,19H,3,6-7,9H2,1-2H3,(H,18,22). The number of amides is 3. The summed E-state index contributed by atoms with van der Waals surface area (Å²) in [4.78, 5) is 24.0. The summed E-state index contributed by atoms with van der Waals surface area (Å²) in [5.74, 6) is -0.575. The van der Waals surface area contributed by atoms with Crippen LogP contribution in [0.25, 0.3) is 0 Å². The second-order valence-corrected chi connectivity index (χ2v) is 6.14. The van der Waals surface area contributed by atoms with Crippen molar-refractivity contribution in [1.29, 1.82) is 0 Å². The number of nitrogens with one attached hydrogen (secondary N) is 2. The molecule has 3 amide bonds. The molecule has 1 saturated heterocycles. The number of rotatable bonds is 6. The summed E-state index contributed by atoms with van der Waals surface area (Å²) in [6, 6.07) is 3.97. The van der Waals surface area contributed by atoms with E-state index in [2.05, 4.69) is 10.6 Å². The third kappa shape index (κ3) is 3.75. The van der Waals surface area contributed by atoms with Crippen molar-refractivity contribution in [2.24, 2.45) is 0 Å². The number of imide groups is 1. The molecule has 0 radical (unpaired) electrons. The SMILES string of the molecule is CC(C)(NCCCN1C(=O)CNC1=O)c1ccc(F)cc1Cl. The predicted octanol–water partition coefficient (Wildman–Crippen LogP) is 2.25. The first-order chi connectivity index (χ1) is 10.3. The van der Waals surface area contributed by atoms with Crippen LogP contribution in [0.4, 0.5) is 9.18 Å². The number of hydrogen-bond acceptors (Lipinski definition) is 3. The molecule has 1 fully saturated rings. The van der Waals surface area contributed by atoms with Gasteiger partial charge in [-0.15, -0.1) is 0 Å². The van der Waals surface area contributed by atoms with Crippen molar-refractivity contribution in [3.8, 4) is 0 Å². The Morgan fingerprint density at radius 1 is 1.41 bits per heavy atom. The molecule has 0 aromatic heterocycles. The van der Waals surface area contributed by atoms with Gasteiger partial charge in [-0.2, -0.15) is 0 Å². The lowest BCUT2D eigenvalue weighted by atomic mass is 9.94. The largest absolute Gasteiger partial charge is 0.329 e. The minimum Gasteiger partial charge on any atom is -0.329 e. The molecule has 1 aliphatic rings. The molecule has 7 heteroatoms. The van der Waals surface area contributed by atoms with Crippen LogP contribution in [0.2, 0.25) is 5.02 Å². The van der Waals surface area contributed by atoms with Gasteiger partial charge in [-0.1, -0.05) is 17.7 Å². The van der Waals surface area contributed by atoms with Crippen LogP contribution >= 0.6 is 11.6 Å². The second-order valence-electron chi connectivity index (χ2n) is 5.73. The van der Waals surface area contributed by atoms with Crippen LogP contribution in [0.15, 0.2) is 18.2 Å². The molecule has 22 heavy (non-hydrogen) atoms. The van der Waals surface area contributed by atoms with E-state index in [-0.39, 0.29) is 24.3 Å². The smallest absolute Gasteiger partial charge is 0.324 e. The van der Waals surface area contributed by atoms with Gasteiger partial charge in [0.2, 0.25) is 5.91 Å². The van der Waals surface area contributed by atoms with E-state index in [4.69, 9.17) is 11.6 Å². The molecule has 0 saturated carbocycles. The van der Waals surface area contributed by atoms with Gasteiger partial charge >= 0.3 is 6.03 Å². The fourth-order valence-electron chi connectivity index (χ4n) is 2.41. The summed E-state index contributed by atoms with van der Waals surface area (Å²) in [6.45, 7) is 4.92.